The van der Waals surface area contributed by atoms with Crippen molar-refractivity contribution in [3.8, 4) is 22.5 Å². The molecule has 0 N–H and O–H groups in total. The van der Waals surface area contributed by atoms with Crippen LogP contribution in [-0.4, -0.2) is 56.9 Å². The first-order valence-corrected chi connectivity index (χ1v) is 11.6. The van der Waals surface area contributed by atoms with Crippen molar-refractivity contribution >= 4 is 23.3 Å². The lowest BCUT2D eigenvalue weighted by Gasteiger charge is -2.35. The third kappa shape index (κ3) is 4.57. The van der Waals surface area contributed by atoms with Gasteiger partial charge in [-0.2, -0.15) is 0 Å². The number of rotatable bonds is 4. The number of piperazine rings is 1. The number of carbonyl (C=O) groups is 1. The molecule has 176 valence electrons. The molecule has 1 aliphatic rings. The van der Waals surface area contributed by atoms with Gasteiger partial charge in [-0.1, -0.05) is 29.8 Å². The predicted octanol–water partition coefficient (Wildman–Crippen LogP) is 4.66. The van der Waals surface area contributed by atoms with E-state index in [2.05, 4.69) is 19.9 Å². The quantitative estimate of drug-likeness (QED) is 0.416. The van der Waals surface area contributed by atoms with E-state index in [1.807, 2.05) is 19.1 Å². The molecule has 0 unspecified atom stereocenters. The van der Waals surface area contributed by atoms with Gasteiger partial charge in [0.15, 0.2) is 0 Å². The van der Waals surface area contributed by atoms with Gasteiger partial charge in [-0.3, -0.25) is 14.8 Å². The third-order valence-corrected chi connectivity index (χ3v) is 6.32. The Balaban J connectivity index is 1.44. The lowest BCUT2D eigenvalue weighted by molar-refractivity contribution is 0.0740. The van der Waals surface area contributed by atoms with Gasteiger partial charge in [-0.15, -0.1) is 0 Å². The van der Waals surface area contributed by atoms with Crippen LogP contribution in [0, 0.1) is 12.7 Å². The fraction of sp³-hybridized carbons (Fsp3) is 0.192. The average Bonchev–Trinajstić information content (AvgIpc) is 2.89. The highest BCUT2D eigenvalue weighted by molar-refractivity contribution is 6.33. The highest BCUT2D eigenvalue weighted by Crippen LogP contribution is 2.35. The minimum Gasteiger partial charge on any atom is -0.352 e. The van der Waals surface area contributed by atoms with Crippen LogP contribution in [0.2, 0.25) is 5.02 Å². The van der Waals surface area contributed by atoms with E-state index in [-0.39, 0.29) is 5.91 Å². The average molecular weight is 489 g/mol. The van der Waals surface area contributed by atoms with Crippen molar-refractivity contribution in [2.45, 2.75) is 6.92 Å². The smallest absolute Gasteiger partial charge is 0.272 e. The van der Waals surface area contributed by atoms with Gasteiger partial charge in [0, 0.05) is 55.9 Å². The van der Waals surface area contributed by atoms with Gasteiger partial charge in [0.05, 0.1) is 16.9 Å². The van der Waals surface area contributed by atoms with Crippen LogP contribution >= 0.6 is 11.6 Å². The van der Waals surface area contributed by atoms with Gasteiger partial charge >= 0.3 is 0 Å². The maximum Gasteiger partial charge on any atom is 0.272 e. The van der Waals surface area contributed by atoms with Crippen molar-refractivity contribution in [1.29, 1.82) is 0 Å². The minimum absolute atomic E-state index is 0.0759. The van der Waals surface area contributed by atoms with Crippen molar-refractivity contribution in [3.05, 3.63) is 89.3 Å². The maximum atomic E-state index is 14.6. The molecule has 4 heterocycles. The largest absolute Gasteiger partial charge is 0.352 e. The summed E-state index contributed by atoms with van der Waals surface area (Å²) >= 11 is 6.43. The molecule has 4 aromatic rings. The summed E-state index contributed by atoms with van der Waals surface area (Å²) in [7, 11) is 0. The molecule has 7 nitrogen and oxygen atoms in total. The van der Waals surface area contributed by atoms with Crippen LogP contribution in [0.1, 0.15) is 16.1 Å². The van der Waals surface area contributed by atoms with Gasteiger partial charge in [0.25, 0.3) is 5.91 Å². The van der Waals surface area contributed by atoms with Crippen LogP contribution in [0.4, 0.5) is 10.2 Å². The molecule has 0 bridgehead atoms. The zero-order valence-corrected chi connectivity index (χ0v) is 19.8. The Labute approximate surface area is 207 Å². The fourth-order valence-electron chi connectivity index (χ4n) is 4.14. The number of aryl methyl sites for hydroxylation is 1. The normalized spacial score (nSPS) is 13.7. The summed E-state index contributed by atoms with van der Waals surface area (Å²) in [5, 5.41) is 0.401. The van der Waals surface area contributed by atoms with Gasteiger partial charge in [-0.05, 0) is 36.8 Å². The zero-order valence-electron chi connectivity index (χ0n) is 19.0. The molecule has 5 rings (SSSR count). The van der Waals surface area contributed by atoms with E-state index in [9.17, 15) is 9.18 Å². The van der Waals surface area contributed by atoms with Crippen LogP contribution in [0.25, 0.3) is 22.5 Å². The molecule has 0 radical (unpaired) electrons. The highest BCUT2D eigenvalue weighted by atomic mass is 35.5. The summed E-state index contributed by atoms with van der Waals surface area (Å²) in [5.74, 6) is 0.167. The number of hydrogen-bond acceptors (Lipinski definition) is 6. The molecule has 9 heteroatoms. The minimum atomic E-state index is -0.391. The monoisotopic (exact) mass is 488 g/mol. The maximum absolute atomic E-state index is 14.6. The van der Waals surface area contributed by atoms with Crippen LogP contribution in [0.15, 0.2) is 67.3 Å². The standard InChI is InChI=1S/C26H22ClFN6O/c1-17-5-4-9-30-23(17)26(35)34-13-11-33(12-14-34)22-16-31-24(19-6-2-3-7-21(19)28)25(32-22)18-8-10-29-15-20(18)27/h2-10,15-16H,11-14H2,1H3. The topological polar surface area (TPSA) is 75.1 Å². The SMILES string of the molecule is Cc1cccnc1C(=O)N1CCN(c2cnc(-c3ccccc3F)c(-c3ccncc3Cl)n2)CC1. The molecule has 1 amide bonds. The first kappa shape index (κ1) is 22.9. The molecule has 35 heavy (non-hydrogen) atoms. The Hall–Kier alpha value is -3.91. The Morgan fingerprint density at radius 2 is 1.71 bits per heavy atom. The second-order valence-electron chi connectivity index (χ2n) is 8.21. The van der Waals surface area contributed by atoms with Crippen LogP contribution in [-0.2, 0) is 0 Å². The van der Waals surface area contributed by atoms with Gasteiger partial charge in [0.1, 0.15) is 23.0 Å². The van der Waals surface area contributed by atoms with Crippen LogP contribution < -0.4 is 4.90 Å². The van der Waals surface area contributed by atoms with E-state index in [4.69, 9.17) is 16.6 Å². The Morgan fingerprint density at radius 1 is 0.914 bits per heavy atom. The van der Waals surface area contributed by atoms with E-state index in [1.54, 1.807) is 47.8 Å². The van der Waals surface area contributed by atoms with Crippen molar-refractivity contribution in [2.75, 3.05) is 31.1 Å². The number of hydrogen-bond donors (Lipinski definition) is 0. The van der Waals surface area contributed by atoms with Crippen molar-refractivity contribution in [1.82, 2.24) is 24.8 Å². The summed E-state index contributed by atoms with van der Waals surface area (Å²) in [6.07, 6.45) is 6.42. The first-order valence-electron chi connectivity index (χ1n) is 11.2. The number of aromatic nitrogens is 4. The molecule has 3 aromatic heterocycles. The summed E-state index contributed by atoms with van der Waals surface area (Å²) in [6.45, 7) is 4.09. The highest BCUT2D eigenvalue weighted by Gasteiger charge is 2.26. The molecule has 0 spiro atoms. The number of amides is 1. The molecule has 0 atom stereocenters. The van der Waals surface area contributed by atoms with Gasteiger partial charge < -0.3 is 9.80 Å². The molecule has 1 saturated heterocycles. The van der Waals surface area contributed by atoms with Crippen molar-refractivity contribution in [2.24, 2.45) is 0 Å². The number of pyridine rings is 2. The Kier molecular flexibility index (Phi) is 6.37. The number of nitrogens with zero attached hydrogens (tertiary/aromatic N) is 6. The first-order chi connectivity index (χ1) is 17.0. The summed E-state index contributed by atoms with van der Waals surface area (Å²) in [6, 6.07) is 11.9. The Morgan fingerprint density at radius 3 is 2.46 bits per heavy atom. The third-order valence-electron chi connectivity index (χ3n) is 6.02. The summed E-state index contributed by atoms with van der Waals surface area (Å²) in [4.78, 5) is 34.6. The molecule has 0 saturated carbocycles. The molecule has 1 fully saturated rings. The number of benzene rings is 1. The predicted molar refractivity (Wildman–Crippen MR) is 133 cm³/mol. The zero-order chi connectivity index (χ0) is 24.4. The summed E-state index contributed by atoms with van der Waals surface area (Å²) < 4.78 is 14.6. The number of carbonyl (C=O) groups excluding carboxylic acids is 1. The molecule has 1 aromatic carbocycles. The summed E-state index contributed by atoms with van der Waals surface area (Å²) in [5.41, 5.74) is 3.17. The van der Waals surface area contributed by atoms with E-state index >= 15 is 0 Å². The molecule has 1 aliphatic heterocycles. The second-order valence-corrected chi connectivity index (χ2v) is 8.62. The van der Waals surface area contributed by atoms with Crippen LogP contribution in [0.3, 0.4) is 0 Å². The van der Waals surface area contributed by atoms with Crippen molar-refractivity contribution < 1.29 is 9.18 Å². The van der Waals surface area contributed by atoms with E-state index < -0.39 is 5.82 Å². The fourth-order valence-corrected chi connectivity index (χ4v) is 4.34. The molecule has 0 aliphatic carbocycles. The molecular formula is C26H22ClFN6O. The lowest BCUT2D eigenvalue weighted by atomic mass is 10.0. The van der Waals surface area contributed by atoms with E-state index in [0.717, 1.165) is 5.56 Å². The second kappa shape index (κ2) is 9.76. The molecular weight excluding hydrogens is 467 g/mol. The van der Waals surface area contributed by atoms with E-state index in [1.165, 1.54) is 12.3 Å². The van der Waals surface area contributed by atoms with Crippen LogP contribution in [0.5, 0.6) is 0 Å². The number of anilines is 1. The van der Waals surface area contributed by atoms with Crippen molar-refractivity contribution in [3.63, 3.8) is 0 Å². The van der Waals surface area contributed by atoms with Gasteiger partial charge in [0.2, 0.25) is 0 Å². The Bertz CT molecular complexity index is 1390. The number of halogens is 2. The van der Waals surface area contributed by atoms with Gasteiger partial charge in [-0.25, -0.2) is 14.4 Å². The van der Waals surface area contributed by atoms with E-state index in [0.29, 0.717) is 65.2 Å². The lowest BCUT2D eigenvalue weighted by Crippen LogP contribution is -2.49.